The van der Waals surface area contributed by atoms with Gasteiger partial charge in [0.25, 0.3) is 0 Å². The van der Waals surface area contributed by atoms with Gasteiger partial charge in [-0.05, 0) is 24.3 Å². The number of ether oxygens (including phenoxy) is 1. The third-order valence-corrected chi connectivity index (χ3v) is 4.15. The largest absolute Gasteiger partial charge is 0.472 e. The van der Waals surface area contributed by atoms with E-state index >= 15 is 0 Å². The number of hydrogen-bond acceptors (Lipinski definition) is 4. The van der Waals surface area contributed by atoms with Crippen LogP contribution in [0.1, 0.15) is 17.5 Å². The predicted octanol–water partition coefficient (Wildman–Crippen LogP) is 4.28. The van der Waals surface area contributed by atoms with Gasteiger partial charge in [0.15, 0.2) is 0 Å². The number of rotatable bonds is 3. The molecular weight excluding hydrogens is 355 g/mol. The van der Waals surface area contributed by atoms with E-state index in [0.717, 1.165) is 18.0 Å². The van der Waals surface area contributed by atoms with Crippen LogP contribution in [0.25, 0.3) is 0 Å². The molecule has 1 aliphatic rings. The van der Waals surface area contributed by atoms with Gasteiger partial charge in [-0.15, -0.1) is 0 Å². The molecule has 0 unspecified atom stereocenters. The van der Waals surface area contributed by atoms with Crippen molar-refractivity contribution in [2.45, 2.75) is 18.7 Å². The highest BCUT2D eigenvalue weighted by Gasteiger charge is 2.31. The highest BCUT2D eigenvalue weighted by atomic mass is 35.5. The first-order chi connectivity index (χ1) is 11.9. The molecule has 0 amide bonds. The number of nitrogens with zero attached hydrogens (tertiary/aromatic N) is 3. The van der Waals surface area contributed by atoms with Crippen LogP contribution in [0.15, 0.2) is 36.5 Å². The molecule has 8 heteroatoms. The Morgan fingerprint density at radius 1 is 1.28 bits per heavy atom. The van der Waals surface area contributed by atoms with Crippen LogP contribution in [0, 0.1) is 11.3 Å². The summed E-state index contributed by atoms with van der Waals surface area (Å²) in [6.45, 7) is 1.18. The Morgan fingerprint density at radius 2 is 2.08 bits per heavy atom. The fourth-order valence-electron chi connectivity index (χ4n) is 2.71. The van der Waals surface area contributed by atoms with E-state index in [9.17, 15) is 18.4 Å². The van der Waals surface area contributed by atoms with E-state index in [2.05, 4.69) is 11.1 Å². The number of alkyl halides is 3. The van der Waals surface area contributed by atoms with Crippen molar-refractivity contribution in [1.82, 2.24) is 4.98 Å². The Morgan fingerprint density at radius 3 is 2.72 bits per heavy atom. The van der Waals surface area contributed by atoms with Crippen molar-refractivity contribution < 1.29 is 17.9 Å². The number of aromatic nitrogens is 1. The number of benzene rings is 1. The van der Waals surface area contributed by atoms with E-state index in [-0.39, 0.29) is 12.0 Å². The minimum absolute atomic E-state index is 0.150. The van der Waals surface area contributed by atoms with E-state index in [1.54, 1.807) is 18.2 Å². The van der Waals surface area contributed by atoms with Gasteiger partial charge in [0, 0.05) is 30.3 Å². The molecule has 0 radical (unpaired) electrons. The van der Waals surface area contributed by atoms with Crippen molar-refractivity contribution >= 4 is 17.3 Å². The van der Waals surface area contributed by atoms with Crippen LogP contribution < -0.4 is 9.64 Å². The number of halogens is 4. The summed E-state index contributed by atoms with van der Waals surface area (Å²) in [6, 6.07) is 9.36. The van der Waals surface area contributed by atoms with Gasteiger partial charge in [-0.2, -0.15) is 18.4 Å². The van der Waals surface area contributed by atoms with Crippen LogP contribution in [0.5, 0.6) is 5.88 Å². The maximum absolute atomic E-state index is 12.5. The molecular formula is C17H13ClF3N3O. The summed E-state index contributed by atoms with van der Waals surface area (Å²) >= 11 is 5.90. The lowest BCUT2D eigenvalue weighted by atomic mass is 10.2. The monoisotopic (exact) mass is 367 g/mol. The summed E-state index contributed by atoms with van der Waals surface area (Å²) < 4.78 is 43.3. The normalized spacial score (nSPS) is 17.4. The minimum Gasteiger partial charge on any atom is -0.472 e. The maximum atomic E-state index is 12.5. The quantitative estimate of drug-likeness (QED) is 0.812. The molecule has 1 saturated heterocycles. The molecule has 0 saturated carbocycles. The molecule has 3 rings (SSSR count). The van der Waals surface area contributed by atoms with E-state index < -0.39 is 11.7 Å². The summed E-state index contributed by atoms with van der Waals surface area (Å²) in [6.07, 6.45) is -3.20. The molecule has 1 aliphatic heterocycles. The van der Waals surface area contributed by atoms with Gasteiger partial charge in [0.05, 0.1) is 23.4 Å². The van der Waals surface area contributed by atoms with Gasteiger partial charge < -0.3 is 9.64 Å². The van der Waals surface area contributed by atoms with Crippen molar-refractivity contribution in [3.8, 4) is 11.9 Å². The predicted molar refractivity (Wildman–Crippen MR) is 86.7 cm³/mol. The highest BCUT2D eigenvalue weighted by molar-refractivity contribution is 6.30. The SMILES string of the molecule is N#Cc1cc(Cl)ccc1N1CC[C@@H](Oc2ccc(C(F)(F)F)cn2)C1. The fraction of sp³-hybridized carbons (Fsp3) is 0.294. The second-order valence-electron chi connectivity index (χ2n) is 5.63. The molecule has 0 spiro atoms. The van der Waals surface area contributed by atoms with Crippen LogP contribution >= 0.6 is 11.6 Å². The lowest BCUT2D eigenvalue weighted by Crippen LogP contribution is -2.25. The fourth-order valence-corrected chi connectivity index (χ4v) is 2.88. The Balaban J connectivity index is 1.67. The molecule has 0 bridgehead atoms. The van der Waals surface area contributed by atoms with Crippen LogP contribution in [0.2, 0.25) is 5.02 Å². The zero-order chi connectivity index (χ0) is 18.0. The smallest absolute Gasteiger partial charge is 0.417 e. The van der Waals surface area contributed by atoms with Crippen LogP contribution in [0.4, 0.5) is 18.9 Å². The molecule has 2 heterocycles. The van der Waals surface area contributed by atoms with Gasteiger partial charge in [-0.3, -0.25) is 0 Å². The third kappa shape index (κ3) is 3.97. The lowest BCUT2D eigenvalue weighted by Gasteiger charge is -2.20. The first-order valence-corrected chi connectivity index (χ1v) is 7.89. The molecule has 0 aliphatic carbocycles. The summed E-state index contributed by atoms with van der Waals surface area (Å²) in [5.41, 5.74) is 0.423. The highest BCUT2D eigenvalue weighted by Crippen LogP contribution is 2.30. The van der Waals surface area contributed by atoms with Crippen molar-refractivity contribution in [2.24, 2.45) is 0 Å². The number of anilines is 1. The number of hydrogen-bond donors (Lipinski definition) is 0. The minimum atomic E-state index is -4.42. The summed E-state index contributed by atoms with van der Waals surface area (Å²) in [5, 5.41) is 9.71. The topological polar surface area (TPSA) is 49.2 Å². The second kappa shape index (κ2) is 6.81. The van der Waals surface area contributed by atoms with E-state index in [0.29, 0.717) is 30.1 Å². The molecule has 2 aromatic rings. The first kappa shape index (κ1) is 17.4. The van der Waals surface area contributed by atoms with Gasteiger partial charge in [-0.25, -0.2) is 4.98 Å². The Hall–Kier alpha value is -2.46. The van der Waals surface area contributed by atoms with Crippen molar-refractivity contribution in [2.75, 3.05) is 18.0 Å². The number of pyridine rings is 1. The summed E-state index contributed by atoms with van der Waals surface area (Å²) in [5.74, 6) is 0.150. The molecule has 1 atom stereocenters. The third-order valence-electron chi connectivity index (χ3n) is 3.92. The van der Waals surface area contributed by atoms with Crippen molar-refractivity contribution in [3.05, 3.63) is 52.7 Å². The molecule has 130 valence electrons. The zero-order valence-corrected chi connectivity index (χ0v) is 13.7. The Bertz CT molecular complexity index is 802. The van der Waals surface area contributed by atoms with Crippen molar-refractivity contribution in [1.29, 1.82) is 5.26 Å². The first-order valence-electron chi connectivity index (χ1n) is 7.51. The molecule has 1 aromatic heterocycles. The van der Waals surface area contributed by atoms with Gasteiger partial charge >= 0.3 is 6.18 Å². The average Bonchev–Trinajstić information content (AvgIpc) is 3.02. The van der Waals surface area contributed by atoms with Gasteiger partial charge in [0.2, 0.25) is 5.88 Å². The van der Waals surface area contributed by atoms with Crippen LogP contribution in [-0.2, 0) is 6.18 Å². The molecule has 0 N–H and O–H groups in total. The van der Waals surface area contributed by atoms with E-state index in [4.69, 9.17) is 16.3 Å². The summed E-state index contributed by atoms with van der Waals surface area (Å²) in [7, 11) is 0. The number of nitriles is 1. The standard InChI is InChI=1S/C17H13ClF3N3O/c18-13-2-3-15(11(7-13)8-22)24-6-5-14(10-24)25-16-4-1-12(9-23-16)17(19,20)21/h1-4,7,9,14H,5-6,10H2/t14-/m1/s1. The summed E-state index contributed by atoms with van der Waals surface area (Å²) in [4.78, 5) is 5.71. The average molecular weight is 368 g/mol. The maximum Gasteiger partial charge on any atom is 0.417 e. The van der Waals surface area contributed by atoms with E-state index in [1.165, 1.54) is 6.07 Å². The van der Waals surface area contributed by atoms with Gasteiger partial charge in [0.1, 0.15) is 12.2 Å². The molecule has 25 heavy (non-hydrogen) atoms. The van der Waals surface area contributed by atoms with Crippen LogP contribution in [-0.4, -0.2) is 24.2 Å². The zero-order valence-electron chi connectivity index (χ0n) is 12.9. The second-order valence-corrected chi connectivity index (χ2v) is 6.07. The van der Waals surface area contributed by atoms with Crippen molar-refractivity contribution in [3.63, 3.8) is 0 Å². The Kier molecular flexibility index (Phi) is 4.73. The van der Waals surface area contributed by atoms with E-state index in [1.807, 2.05) is 4.90 Å². The Labute approximate surface area is 147 Å². The van der Waals surface area contributed by atoms with Gasteiger partial charge in [-0.1, -0.05) is 11.6 Å². The molecule has 1 fully saturated rings. The molecule has 1 aromatic carbocycles. The molecule has 4 nitrogen and oxygen atoms in total. The lowest BCUT2D eigenvalue weighted by molar-refractivity contribution is -0.137. The van der Waals surface area contributed by atoms with Crippen LogP contribution in [0.3, 0.4) is 0 Å².